The van der Waals surface area contributed by atoms with Crippen molar-refractivity contribution in [1.82, 2.24) is 0 Å². The minimum Gasteiger partial charge on any atom is -0.457 e. The summed E-state index contributed by atoms with van der Waals surface area (Å²) in [6.07, 6.45) is 2.91. The van der Waals surface area contributed by atoms with E-state index in [1.54, 1.807) is 45.0 Å². The monoisotopic (exact) mass is 307 g/mol. The second-order valence-corrected chi connectivity index (χ2v) is 5.63. The van der Waals surface area contributed by atoms with Gasteiger partial charge in [0.15, 0.2) is 0 Å². The normalized spacial score (nSPS) is 11.3. The lowest BCUT2D eigenvalue weighted by molar-refractivity contribution is -0.148. The lowest BCUT2D eigenvalue weighted by Crippen LogP contribution is -2.22. The van der Waals surface area contributed by atoms with Gasteiger partial charge < -0.3 is 4.74 Å². The van der Waals surface area contributed by atoms with Gasteiger partial charge in [-0.3, -0.25) is 0 Å². The minimum atomic E-state index is -0.517. The Morgan fingerprint density at radius 1 is 1.44 bits per heavy atom. The fourth-order valence-corrected chi connectivity index (χ4v) is 1.65. The minimum absolute atomic E-state index is 0.425. The van der Waals surface area contributed by atoms with E-state index in [1.807, 2.05) is 0 Å². The Morgan fingerprint density at radius 2 is 2.11 bits per heavy atom. The third-order valence-electron chi connectivity index (χ3n) is 1.94. The molecule has 0 aromatic heterocycles. The molecule has 0 heterocycles. The Kier molecular flexibility index (Phi) is 4.69. The van der Waals surface area contributed by atoms with Crippen LogP contribution in [0.25, 0.3) is 6.08 Å². The van der Waals surface area contributed by atoms with Crippen molar-refractivity contribution in [1.29, 1.82) is 5.26 Å². The van der Waals surface area contributed by atoms with E-state index in [-0.39, 0.29) is 0 Å². The van der Waals surface area contributed by atoms with Crippen LogP contribution in [-0.2, 0) is 9.53 Å². The van der Waals surface area contributed by atoms with Crippen LogP contribution in [0.4, 0.5) is 0 Å². The van der Waals surface area contributed by atoms with Crippen molar-refractivity contribution in [3.8, 4) is 6.07 Å². The second-order valence-electron chi connectivity index (χ2n) is 4.71. The fourth-order valence-electron chi connectivity index (χ4n) is 1.27. The molecule has 18 heavy (non-hydrogen) atoms. The van der Waals surface area contributed by atoms with E-state index in [0.29, 0.717) is 11.1 Å². The van der Waals surface area contributed by atoms with Crippen molar-refractivity contribution in [3.05, 3.63) is 39.9 Å². The van der Waals surface area contributed by atoms with E-state index < -0.39 is 11.6 Å². The summed E-state index contributed by atoms with van der Waals surface area (Å²) in [5, 5.41) is 8.95. The van der Waals surface area contributed by atoms with E-state index in [9.17, 15) is 4.79 Å². The molecule has 94 valence electrons. The van der Waals surface area contributed by atoms with Gasteiger partial charge in [0.2, 0.25) is 0 Å². The average Bonchev–Trinajstić information content (AvgIpc) is 2.24. The van der Waals surface area contributed by atoms with E-state index in [4.69, 9.17) is 10.00 Å². The van der Waals surface area contributed by atoms with Crippen molar-refractivity contribution in [3.63, 3.8) is 0 Å². The molecule has 0 saturated carbocycles. The van der Waals surface area contributed by atoms with Gasteiger partial charge >= 0.3 is 5.97 Å². The van der Waals surface area contributed by atoms with E-state index >= 15 is 0 Å². The molecule has 0 saturated heterocycles. The molecule has 0 aliphatic rings. The quantitative estimate of drug-likeness (QED) is 0.618. The highest BCUT2D eigenvalue weighted by Gasteiger charge is 2.13. The van der Waals surface area contributed by atoms with E-state index in [1.165, 1.54) is 6.08 Å². The smallest absolute Gasteiger partial charge is 0.331 e. The lowest BCUT2D eigenvalue weighted by atomic mass is 10.1. The van der Waals surface area contributed by atoms with Gasteiger partial charge in [-0.2, -0.15) is 5.26 Å². The fraction of sp³-hybridized carbons (Fsp3) is 0.286. The Hall–Kier alpha value is -1.60. The number of carbonyl (C=O) groups excluding carboxylic acids is 1. The molecule has 1 aromatic carbocycles. The van der Waals surface area contributed by atoms with Crippen LogP contribution in [0.5, 0.6) is 0 Å². The largest absolute Gasteiger partial charge is 0.457 e. The zero-order valence-electron chi connectivity index (χ0n) is 10.5. The molecule has 0 fully saturated rings. The van der Waals surface area contributed by atoms with Crippen LogP contribution in [0, 0.1) is 11.3 Å². The van der Waals surface area contributed by atoms with Gasteiger partial charge in [-0.1, -0.05) is 15.9 Å². The number of rotatable bonds is 2. The van der Waals surface area contributed by atoms with E-state index in [2.05, 4.69) is 22.0 Å². The summed E-state index contributed by atoms with van der Waals surface area (Å²) in [6, 6.07) is 7.32. The van der Waals surface area contributed by atoms with Crippen LogP contribution in [0.1, 0.15) is 31.9 Å². The standard InChI is InChI=1S/C14H14BrNO2/c1-14(2,3)18-13(17)7-5-10-8-12(15)6-4-11(10)9-16/h4-8H,1-3H3/b7-5+. The number of benzene rings is 1. The van der Waals surface area contributed by atoms with Crippen molar-refractivity contribution in [2.24, 2.45) is 0 Å². The summed E-state index contributed by atoms with van der Waals surface area (Å²) in [6.45, 7) is 5.41. The number of hydrogen-bond acceptors (Lipinski definition) is 3. The molecule has 0 radical (unpaired) electrons. The molecule has 1 aromatic rings. The van der Waals surface area contributed by atoms with Crippen molar-refractivity contribution in [2.75, 3.05) is 0 Å². The molecular formula is C14H14BrNO2. The molecule has 3 nitrogen and oxygen atoms in total. The lowest BCUT2D eigenvalue weighted by Gasteiger charge is -2.17. The summed E-state index contributed by atoms with van der Waals surface area (Å²) >= 11 is 3.32. The molecule has 4 heteroatoms. The molecule has 1 rings (SSSR count). The SMILES string of the molecule is CC(C)(C)OC(=O)/C=C/c1cc(Br)ccc1C#N. The van der Waals surface area contributed by atoms with Crippen molar-refractivity contribution >= 4 is 28.0 Å². The number of hydrogen-bond donors (Lipinski definition) is 0. The van der Waals surface area contributed by atoms with Gasteiger partial charge in [0.05, 0.1) is 11.6 Å². The number of ether oxygens (including phenoxy) is 1. The summed E-state index contributed by atoms with van der Waals surface area (Å²) < 4.78 is 5.99. The van der Waals surface area contributed by atoms with Gasteiger partial charge in [-0.25, -0.2) is 4.79 Å². The first-order chi connectivity index (χ1) is 8.31. The van der Waals surface area contributed by atoms with Gasteiger partial charge in [0.1, 0.15) is 5.60 Å². The van der Waals surface area contributed by atoms with Crippen molar-refractivity contribution in [2.45, 2.75) is 26.4 Å². The van der Waals surface area contributed by atoms with Gasteiger partial charge in [0.25, 0.3) is 0 Å². The van der Waals surface area contributed by atoms with Gasteiger partial charge in [0, 0.05) is 10.5 Å². The first-order valence-corrected chi connectivity index (χ1v) is 6.22. The predicted octanol–water partition coefficient (Wildman–Crippen LogP) is 3.68. The predicted molar refractivity (Wildman–Crippen MR) is 73.7 cm³/mol. The van der Waals surface area contributed by atoms with Crippen LogP contribution in [0.3, 0.4) is 0 Å². The number of halogens is 1. The highest BCUT2D eigenvalue weighted by atomic mass is 79.9. The third kappa shape index (κ3) is 4.72. The summed E-state index contributed by atoms with van der Waals surface area (Å²) in [5.41, 5.74) is 0.673. The van der Waals surface area contributed by atoms with Gasteiger partial charge in [-0.05, 0) is 50.6 Å². The van der Waals surface area contributed by atoms with Crippen LogP contribution in [0.2, 0.25) is 0 Å². The van der Waals surface area contributed by atoms with E-state index in [0.717, 1.165) is 4.47 Å². The maximum absolute atomic E-state index is 11.5. The first kappa shape index (κ1) is 14.5. The molecule has 0 spiro atoms. The number of nitrogens with zero attached hydrogens (tertiary/aromatic N) is 1. The molecule has 0 N–H and O–H groups in total. The van der Waals surface area contributed by atoms with Crippen LogP contribution in [0.15, 0.2) is 28.7 Å². The average molecular weight is 308 g/mol. The molecular weight excluding hydrogens is 294 g/mol. The third-order valence-corrected chi connectivity index (χ3v) is 2.43. The second kappa shape index (κ2) is 5.83. The topological polar surface area (TPSA) is 50.1 Å². The highest BCUT2D eigenvalue weighted by Crippen LogP contribution is 2.17. The summed E-state index contributed by atoms with van der Waals surface area (Å²) in [4.78, 5) is 11.5. The highest BCUT2D eigenvalue weighted by molar-refractivity contribution is 9.10. The van der Waals surface area contributed by atoms with Crippen LogP contribution < -0.4 is 0 Å². The Bertz CT molecular complexity index is 522. The number of carbonyl (C=O) groups is 1. The van der Waals surface area contributed by atoms with Crippen LogP contribution in [-0.4, -0.2) is 11.6 Å². The Balaban J connectivity index is 2.88. The molecule has 0 aliphatic heterocycles. The molecule has 0 amide bonds. The maximum Gasteiger partial charge on any atom is 0.331 e. The zero-order valence-corrected chi connectivity index (χ0v) is 12.1. The number of esters is 1. The first-order valence-electron chi connectivity index (χ1n) is 5.42. The summed E-state index contributed by atoms with van der Waals surface area (Å²) in [5.74, 6) is -0.425. The molecule has 0 aliphatic carbocycles. The maximum atomic E-state index is 11.5. The van der Waals surface area contributed by atoms with Crippen molar-refractivity contribution < 1.29 is 9.53 Å². The Labute approximate surface area is 115 Å². The molecule has 0 unspecified atom stereocenters. The molecule has 0 bridgehead atoms. The zero-order chi connectivity index (χ0) is 13.8. The number of nitriles is 1. The Morgan fingerprint density at radius 3 is 2.67 bits per heavy atom. The van der Waals surface area contributed by atoms with Crippen LogP contribution >= 0.6 is 15.9 Å². The molecule has 0 atom stereocenters. The summed E-state index contributed by atoms with van der Waals surface area (Å²) in [7, 11) is 0. The van der Waals surface area contributed by atoms with Gasteiger partial charge in [-0.15, -0.1) is 0 Å².